The van der Waals surface area contributed by atoms with E-state index in [0.29, 0.717) is 0 Å². The lowest BCUT2D eigenvalue weighted by molar-refractivity contribution is -0.138. The van der Waals surface area contributed by atoms with Crippen molar-refractivity contribution in [3.05, 3.63) is 28.9 Å². The lowest BCUT2D eigenvalue weighted by atomic mass is 9.87. The Balaban J connectivity index is 2.38. The molecule has 0 saturated heterocycles. The van der Waals surface area contributed by atoms with E-state index < -0.39 is 11.4 Å². The lowest BCUT2D eigenvalue weighted by Crippen LogP contribution is -2.21. The first-order valence-electron chi connectivity index (χ1n) is 5.73. The molecular formula is C13H16N2O2S. The Morgan fingerprint density at radius 1 is 1.56 bits per heavy atom. The van der Waals surface area contributed by atoms with Gasteiger partial charge < -0.3 is 10.1 Å². The maximum absolute atomic E-state index is 10.9. The van der Waals surface area contributed by atoms with Crippen molar-refractivity contribution in [1.29, 1.82) is 0 Å². The minimum absolute atomic E-state index is 0.111. The van der Waals surface area contributed by atoms with Crippen molar-refractivity contribution in [1.82, 2.24) is 9.97 Å². The molecule has 2 N–H and O–H groups in total. The summed E-state index contributed by atoms with van der Waals surface area (Å²) in [7, 11) is 0. The number of carboxylic acids is 1. The summed E-state index contributed by atoms with van der Waals surface area (Å²) in [5.74, 6) is -0.783. The molecule has 0 amide bonds. The maximum Gasteiger partial charge on any atom is 0.304 e. The third kappa shape index (κ3) is 2.46. The zero-order valence-corrected chi connectivity index (χ0v) is 11.5. The fourth-order valence-corrected chi connectivity index (χ4v) is 3.22. The van der Waals surface area contributed by atoms with E-state index in [-0.39, 0.29) is 6.42 Å². The predicted molar refractivity (Wildman–Crippen MR) is 71.9 cm³/mol. The second-order valence-electron chi connectivity index (χ2n) is 4.97. The zero-order valence-electron chi connectivity index (χ0n) is 10.7. The number of nitrogens with one attached hydrogen (secondary N) is 1. The summed E-state index contributed by atoms with van der Waals surface area (Å²) in [5, 5.41) is 9.88. The van der Waals surface area contributed by atoms with E-state index in [1.54, 1.807) is 11.3 Å². The van der Waals surface area contributed by atoms with E-state index in [9.17, 15) is 4.79 Å². The monoisotopic (exact) mass is 264 g/mol. The summed E-state index contributed by atoms with van der Waals surface area (Å²) in [5.41, 5.74) is 1.50. The van der Waals surface area contributed by atoms with Gasteiger partial charge in [0.05, 0.1) is 17.8 Å². The minimum Gasteiger partial charge on any atom is -0.481 e. The van der Waals surface area contributed by atoms with Crippen molar-refractivity contribution >= 4 is 17.3 Å². The van der Waals surface area contributed by atoms with Crippen molar-refractivity contribution in [3.63, 3.8) is 0 Å². The van der Waals surface area contributed by atoms with Crippen molar-refractivity contribution in [3.8, 4) is 10.7 Å². The average molecular weight is 264 g/mol. The number of H-pyrrole nitrogens is 1. The van der Waals surface area contributed by atoms with Crippen LogP contribution in [0.25, 0.3) is 10.7 Å². The van der Waals surface area contributed by atoms with Crippen LogP contribution in [0, 0.1) is 6.92 Å². The van der Waals surface area contributed by atoms with Crippen LogP contribution in [-0.2, 0) is 10.2 Å². The van der Waals surface area contributed by atoms with Crippen LogP contribution in [0.5, 0.6) is 0 Å². The Morgan fingerprint density at radius 3 is 2.83 bits per heavy atom. The molecule has 0 spiro atoms. The topological polar surface area (TPSA) is 66.0 Å². The van der Waals surface area contributed by atoms with Gasteiger partial charge in [-0.3, -0.25) is 4.79 Å². The summed E-state index contributed by atoms with van der Waals surface area (Å²) in [6.07, 6.45) is 1.97. The van der Waals surface area contributed by atoms with Crippen molar-refractivity contribution in [2.24, 2.45) is 0 Å². The van der Waals surface area contributed by atoms with E-state index in [0.717, 1.165) is 21.3 Å². The van der Waals surface area contributed by atoms with Gasteiger partial charge in [-0.05, 0) is 19.1 Å². The van der Waals surface area contributed by atoms with Gasteiger partial charge in [-0.15, -0.1) is 11.3 Å². The molecule has 0 radical (unpaired) electrons. The molecule has 0 aliphatic carbocycles. The standard InChI is InChI=1S/C13H16N2O2S/c1-8-11(13(2,3)7-10(16)17)18-12(15-8)9-5-4-6-14-9/h4-6,14H,7H2,1-3H3,(H,16,17). The number of thiazole rings is 1. The van der Waals surface area contributed by atoms with Crippen molar-refractivity contribution < 1.29 is 9.90 Å². The van der Waals surface area contributed by atoms with E-state index in [1.807, 2.05) is 39.1 Å². The number of aliphatic carboxylic acids is 1. The molecule has 2 aromatic rings. The highest BCUT2D eigenvalue weighted by molar-refractivity contribution is 7.15. The van der Waals surface area contributed by atoms with Crippen molar-refractivity contribution in [2.45, 2.75) is 32.6 Å². The minimum atomic E-state index is -0.783. The molecule has 2 heterocycles. The van der Waals surface area contributed by atoms with Crippen LogP contribution in [0.4, 0.5) is 0 Å². The summed E-state index contributed by atoms with van der Waals surface area (Å²) < 4.78 is 0. The van der Waals surface area contributed by atoms with E-state index in [4.69, 9.17) is 5.11 Å². The summed E-state index contributed by atoms with van der Waals surface area (Å²) in [4.78, 5) is 19.6. The molecule has 0 fully saturated rings. The van der Waals surface area contributed by atoms with E-state index >= 15 is 0 Å². The van der Waals surface area contributed by atoms with Crippen LogP contribution >= 0.6 is 11.3 Å². The molecule has 0 aliphatic heterocycles. The number of hydrogen-bond donors (Lipinski definition) is 2. The highest BCUT2D eigenvalue weighted by Crippen LogP contribution is 2.37. The Bertz CT molecular complexity index is 556. The number of carbonyl (C=O) groups is 1. The van der Waals surface area contributed by atoms with Gasteiger partial charge in [0, 0.05) is 16.5 Å². The third-order valence-corrected chi connectivity index (χ3v) is 4.39. The number of rotatable bonds is 4. The average Bonchev–Trinajstić information content (AvgIpc) is 2.82. The van der Waals surface area contributed by atoms with Crippen LogP contribution in [-0.4, -0.2) is 21.0 Å². The molecule has 0 aliphatic rings. The van der Waals surface area contributed by atoms with Gasteiger partial charge in [-0.2, -0.15) is 0 Å². The highest BCUT2D eigenvalue weighted by atomic mass is 32.1. The molecule has 0 aromatic carbocycles. The summed E-state index contributed by atoms with van der Waals surface area (Å²) in [6, 6.07) is 3.89. The van der Waals surface area contributed by atoms with Gasteiger partial charge in [0.2, 0.25) is 0 Å². The number of nitrogens with zero attached hydrogens (tertiary/aromatic N) is 1. The molecule has 0 unspecified atom stereocenters. The zero-order chi connectivity index (χ0) is 13.3. The largest absolute Gasteiger partial charge is 0.481 e. The molecule has 2 aromatic heterocycles. The number of aromatic amines is 1. The number of aromatic nitrogens is 2. The van der Waals surface area contributed by atoms with Gasteiger partial charge in [-0.25, -0.2) is 4.98 Å². The van der Waals surface area contributed by atoms with Crippen LogP contribution in [0.3, 0.4) is 0 Å². The third-order valence-electron chi connectivity index (χ3n) is 2.83. The first-order valence-corrected chi connectivity index (χ1v) is 6.55. The quantitative estimate of drug-likeness (QED) is 0.891. The van der Waals surface area contributed by atoms with Gasteiger partial charge >= 0.3 is 5.97 Å². The Kier molecular flexibility index (Phi) is 3.26. The van der Waals surface area contributed by atoms with Crippen LogP contribution in [0.1, 0.15) is 30.8 Å². The number of carboxylic acid groups (broad SMARTS) is 1. The second kappa shape index (κ2) is 4.57. The van der Waals surface area contributed by atoms with E-state index in [1.165, 1.54) is 0 Å². The van der Waals surface area contributed by atoms with E-state index in [2.05, 4.69) is 9.97 Å². The normalized spacial score (nSPS) is 11.7. The smallest absolute Gasteiger partial charge is 0.304 e. The molecule has 5 heteroatoms. The molecule has 0 saturated carbocycles. The van der Waals surface area contributed by atoms with Crippen LogP contribution in [0.15, 0.2) is 18.3 Å². The van der Waals surface area contributed by atoms with Gasteiger partial charge in [0.1, 0.15) is 5.01 Å². The first-order chi connectivity index (χ1) is 8.40. The number of aryl methyl sites for hydroxylation is 1. The predicted octanol–water partition coefficient (Wildman–Crippen LogP) is 3.20. The molecule has 18 heavy (non-hydrogen) atoms. The fraction of sp³-hybridized carbons (Fsp3) is 0.385. The van der Waals surface area contributed by atoms with Crippen molar-refractivity contribution in [2.75, 3.05) is 0 Å². The first kappa shape index (κ1) is 12.8. The highest BCUT2D eigenvalue weighted by Gasteiger charge is 2.29. The Labute approximate surface area is 110 Å². The second-order valence-corrected chi connectivity index (χ2v) is 5.97. The summed E-state index contributed by atoms with van der Waals surface area (Å²) >= 11 is 1.56. The molecule has 0 atom stereocenters. The lowest BCUT2D eigenvalue weighted by Gasteiger charge is -2.21. The Hall–Kier alpha value is -1.62. The Morgan fingerprint density at radius 2 is 2.28 bits per heavy atom. The number of hydrogen-bond acceptors (Lipinski definition) is 3. The molecular weight excluding hydrogens is 248 g/mol. The fourth-order valence-electron chi connectivity index (χ4n) is 2.06. The molecule has 2 rings (SSSR count). The van der Waals surface area contributed by atoms with Crippen LogP contribution in [0.2, 0.25) is 0 Å². The molecule has 96 valence electrons. The maximum atomic E-state index is 10.9. The summed E-state index contributed by atoms with van der Waals surface area (Å²) in [6.45, 7) is 5.82. The van der Waals surface area contributed by atoms with Gasteiger partial charge in [0.25, 0.3) is 0 Å². The SMILES string of the molecule is Cc1nc(-c2ccc[nH]2)sc1C(C)(C)CC(=O)O. The van der Waals surface area contributed by atoms with Gasteiger partial charge in [0.15, 0.2) is 0 Å². The van der Waals surface area contributed by atoms with Crippen LogP contribution < -0.4 is 0 Å². The molecule has 4 nitrogen and oxygen atoms in total. The van der Waals surface area contributed by atoms with Gasteiger partial charge in [-0.1, -0.05) is 13.8 Å². The molecule has 0 bridgehead atoms.